The number of hydrogen-bond acceptors (Lipinski definition) is 4. The summed E-state index contributed by atoms with van der Waals surface area (Å²) in [6.45, 7) is 0. The molecule has 0 saturated heterocycles. The minimum absolute atomic E-state index is 0. The van der Waals surface area contributed by atoms with Crippen LogP contribution in [0, 0.1) is 53.0 Å². The molecule has 5 rings (SSSR count). The van der Waals surface area contributed by atoms with Crippen LogP contribution in [0.15, 0.2) is 110 Å². The van der Waals surface area contributed by atoms with Gasteiger partial charge in [-0.2, -0.15) is 6.08 Å². The summed E-state index contributed by atoms with van der Waals surface area (Å²) in [5, 5.41) is 0. The van der Waals surface area contributed by atoms with E-state index < -0.39 is 0 Å². The molecule has 0 radical (unpaired) electrons. The second-order valence-corrected chi connectivity index (χ2v) is 5.67. The molecule has 126 valence electrons. The minimum Gasteiger partial charge on any atom is -0.339 e. The summed E-state index contributed by atoms with van der Waals surface area (Å²) in [5.74, 6) is 0. The van der Waals surface area contributed by atoms with Gasteiger partial charge >= 0.3 is 0 Å². The van der Waals surface area contributed by atoms with Gasteiger partial charge in [-0.25, -0.2) is 4.99 Å². The monoisotopic (exact) mass is 481 g/mol. The maximum atomic E-state index is 4.59. The quantitative estimate of drug-likeness (QED) is 0.478. The zero-order valence-electron chi connectivity index (χ0n) is 12.9. The van der Waals surface area contributed by atoms with E-state index in [1.807, 2.05) is 66.8 Å². The molecule has 5 aliphatic heterocycles. The summed E-state index contributed by atoms with van der Waals surface area (Å²) >= 11 is 0. The molecule has 5 heterocycles. The fourth-order valence-electron chi connectivity index (χ4n) is 2.76. The molecule has 0 aromatic heterocycles. The Kier molecular flexibility index (Phi) is 4.50. The molecule has 0 atom stereocenters. The number of allylic oxidation sites excluding steroid dienone is 12. The maximum Gasteiger partial charge on any atom is 0.0659 e. The van der Waals surface area contributed by atoms with Gasteiger partial charge in [-0.1, -0.05) is 11.8 Å². The molecule has 0 saturated carbocycles. The molecule has 0 aromatic carbocycles. The summed E-state index contributed by atoms with van der Waals surface area (Å²) in [5.41, 5.74) is 6.88. The van der Waals surface area contributed by atoms with Gasteiger partial charge in [-0.3, -0.25) is 9.98 Å². The smallest absolute Gasteiger partial charge is 0.0659 e. The van der Waals surface area contributed by atoms with Crippen molar-refractivity contribution in [3.63, 3.8) is 0 Å². The van der Waals surface area contributed by atoms with Crippen molar-refractivity contribution in [3.8, 4) is 0 Å². The summed E-state index contributed by atoms with van der Waals surface area (Å²) < 4.78 is 0. The van der Waals surface area contributed by atoms with Crippen molar-refractivity contribution in [2.75, 3.05) is 0 Å². The Bertz CT molecular complexity index is 848. The van der Waals surface area contributed by atoms with Crippen LogP contribution in [-0.2, 0) is 0 Å². The number of fused-ring (bicyclic) bond motifs is 4. The number of hydrogen-bond donors (Lipinski definition) is 0. The molecular formula is C20H11N4Yb-. The van der Waals surface area contributed by atoms with E-state index in [9.17, 15) is 0 Å². The van der Waals surface area contributed by atoms with E-state index in [2.05, 4.69) is 26.0 Å². The van der Waals surface area contributed by atoms with Crippen LogP contribution in [-0.4, -0.2) is 22.8 Å². The normalized spacial score (nSPS) is 21.8. The fourth-order valence-corrected chi connectivity index (χ4v) is 2.76. The maximum absolute atomic E-state index is 4.59. The Balaban J connectivity index is 0.00000157. The molecule has 25 heavy (non-hydrogen) atoms. The molecule has 0 unspecified atom stereocenters. The molecule has 0 aromatic rings. The largest absolute Gasteiger partial charge is 0.339 e. The molecule has 0 N–H and O–H groups in total. The first-order valence-electron chi connectivity index (χ1n) is 7.66. The summed E-state index contributed by atoms with van der Waals surface area (Å²) in [6.07, 6.45) is 24.7. The van der Waals surface area contributed by atoms with Crippen molar-refractivity contribution in [1.82, 2.24) is 0 Å². The second kappa shape index (κ2) is 6.79. The Morgan fingerprint density at radius 1 is 0.520 bits per heavy atom. The predicted octanol–water partition coefficient (Wildman–Crippen LogP) is 3.38. The number of nitrogens with zero attached hydrogens (tertiary/aromatic N) is 4. The molecule has 8 bridgehead atoms. The van der Waals surface area contributed by atoms with Crippen molar-refractivity contribution >= 4 is 22.8 Å². The SMILES string of the molecule is [C-]1=CC2=NC1=CC1=NC(=CC3=NC(=CC4=NC(=C2)C=C4)C=C3)C=C1.[Yb]. The van der Waals surface area contributed by atoms with Crippen LogP contribution in [0.2, 0.25) is 0 Å². The predicted molar refractivity (Wildman–Crippen MR) is 97.3 cm³/mol. The third-order valence-electron chi connectivity index (χ3n) is 3.84. The van der Waals surface area contributed by atoms with Crippen molar-refractivity contribution in [1.29, 1.82) is 0 Å². The second-order valence-electron chi connectivity index (χ2n) is 5.67. The van der Waals surface area contributed by atoms with E-state index in [0.717, 1.165) is 45.6 Å². The van der Waals surface area contributed by atoms with E-state index in [1.165, 1.54) is 0 Å². The molecule has 0 fully saturated rings. The van der Waals surface area contributed by atoms with Gasteiger partial charge in [0, 0.05) is 52.6 Å². The number of aliphatic imine (C=N–C) groups is 4. The van der Waals surface area contributed by atoms with Gasteiger partial charge in [0.2, 0.25) is 0 Å². The Hall–Kier alpha value is -1.88. The Morgan fingerprint density at radius 3 is 1.56 bits per heavy atom. The van der Waals surface area contributed by atoms with Crippen LogP contribution in [0.4, 0.5) is 0 Å². The van der Waals surface area contributed by atoms with E-state index in [1.54, 1.807) is 0 Å². The minimum atomic E-state index is 0. The summed E-state index contributed by atoms with van der Waals surface area (Å²) in [6, 6.07) is 0. The molecular weight excluding hydrogens is 469 g/mol. The van der Waals surface area contributed by atoms with Crippen LogP contribution in [0.25, 0.3) is 0 Å². The van der Waals surface area contributed by atoms with Gasteiger partial charge in [-0.05, 0) is 54.3 Å². The first-order chi connectivity index (χ1) is 11.8. The van der Waals surface area contributed by atoms with E-state index in [4.69, 9.17) is 0 Å². The first kappa shape index (κ1) is 16.6. The van der Waals surface area contributed by atoms with E-state index >= 15 is 0 Å². The van der Waals surface area contributed by atoms with Crippen molar-refractivity contribution in [2.45, 2.75) is 0 Å². The van der Waals surface area contributed by atoms with E-state index in [0.29, 0.717) is 0 Å². The Morgan fingerprint density at radius 2 is 1.00 bits per heavy atom. The van der Waals surface area contributed by atoms with Crippen molar-refractivity contribution in [3.05, 3.63) is 95.7 Å². The van der Waals surface area contributed by atoms with Gasteiger partial charge in [0.05, 0.1) is 28.5 Å². The number of rotatable bonds is 0. The van der Waals surface area contributed by atoms with Crippen LogP contribution < -0.4 is 0 Å². The van der Waals surface area contributed by atoms with Crippen LogP contribution in [0.3, 0.4) is 0 Å². The van der Waals surface area contributed by atoms with Crippen LogP contribution in [0.5, 0.6) is 0 Å². The summed E-state index contributed by atoms with van der Waals surface area (Å²) in [7, 11) is 0. The Labute approximate surface area is 183 Å². The van der Waals surface area contributed by atoms with Gasteiger partial charge in [0.25, 0.3) is 0 Å². The zero-order valence-corrected chi connectivity index (χ0v) is 14.6. The standard InChI is InChI=1S/C20H11N4.Yb/c1-2-14-10-16-5-6-18(23-16)12-20-8-7-19(24-20)11-17-4-3-15(22-17)9-13(1)21-14;/h1-7,9-12H;/q-1;. The van der Waals surface area contributed by atoms with Gasteiger partial charge in [0.1, 0.15) is 0 Å². The van der Waals surface area contributed by atoms with Crippen LogP contribution in [0.1, 0.15) is 0 Å². The van der Waals surface area contributed by atoms with Crippen molar-refractivity contribution < 1.29 is 46.9 Å². The fraction of sp³-hybridized carbons (Fsp3) is 0. The first-order valence-corrected chi connectivity index (χ1v) is 7.66. The van der Waals surface area contributed by atoms with Gasteiger partial charge < -0.3 is 4.99 Å². The van der Waals surface area contributed by atoms with Gasteiger partial charge in [0.15, 0.2) is 0 Å². The molecule has 5 heteroatoms. The zero-order chi connectivity index (χ0) is 15.9. The molecule has 4 nitrogen and oxygen atoms in total. The molecule has 0 aliphatic carbocycles. The average molecular weight is 480 g/mol. The van der Waals surface area contributed by atoms with E-state index in [-0.39, 0.29) is 46.9 Å². The van der Waals surface area contributed by atoms with Gasteiger partial charge in [-0.15, -0.1) is 12.2 Å². The molecule has 0 amide bonds. The third-order valence-corrected chi connectivity index (χ3v) is 3.84. The van der Waals surface area contributed by atoms with Crippen molar-refractivity contribution in [2.24, 2.45) is 20.0 Å². The molecule has 5 aliphatic rings. The average Bonchev–Trinajstić information content (AvgIpc) is 3.32. The third kappa shape index (κ3) is 3.56. The summed E-state index contributed by atoms with van der Waals surface area (Å²) in [4.78, 5) is 18.3. The topological polar surface area (TPSA) is 49.4 Å². The molecule has 0 spiro atoms. The van der Waals surface area contributed by atoms with Crippen LogP contribution >= 0.6 is 0 Å².